The topological polar surface area (TPSA) is 80.5 Å². The molecule has 4 aromatic rings. The summed E-state index contributed by atoms with van der Waals surface area (Å²) < 4.78 is 11.1. The van der Waals surface area contributed by atoms with Crippen LogP contribution in [0.15, 0.2) is 83.0 Å². The predicted octanol–water partition coefficient (Wildman–Crippen LogP) is 6.32. The monoisotopic (exact) mass is 480 g/mol. The zero-order valence-electron chi connectivity index (χ0n) is 20.8. The summed E-state index contributed by atoms with van der Waals surface area (Å²) in [6.07, 6.45) is 0.960. The molecule has 0 spiro atoms. The molecule has 2 heterocycles. The highest BCUT2D eigenvalue weighted by Crippen LogP contribution is 2.39. The number of methoxy groups -OCH3 is 1. The van der Waals surface area contributed by atoms with Crippen LogP contribution in [0.25, 0.3) is 17.0 Å². The van der Waals surface area contributed by atoms with Crippen LogP contribution >= 0.6 is 0 Å². The van der Waals surface area contributed by atoms with Gasteiger partial charge in [-0.1, -0.05) is 60.6 Å². The number of carbonyl (C=O) groups excluding carboxylic acids is 1. The van der Waals surface area contributed by atoms with Gasteiger partial charge in [0.2, 0.25) is 5.82 Å². The minimum atomic E-state index is -0.472. The molecule has 0 saturated carbocycles. The van der Waals surface area contributed by atoms with Gasteiger partial charge in [-0.15, -0.1) is 0 Å². The van der Waals surface area contributed by atoms with Gasteiger partial charge in [-0.05, 0) is 61.2 Å². The second kappa shape index (κ2) is 9.70. The lowest BCUT2D eigenvalue weighted by Crippen LogP contribution is -2.46. The van der Waals surface area contributed by atoms with E-state index in [1.54, 1.807) is 12.0 Å². The average Bonchev–Trinajstić information content (AvgIpc) is 3.38. The number of amides is 2. The summed E-state index contributed by atoms with van der Waals surface area (Å²) in [7, 11) is 1.62. The number of allylic oxidation sites excluding steroid dienone is 1. The number of aromatic nitrogens is 2. The number of anilines is 1. The molecule has 0 saturated heterocycles. The first-order valence-electron chi connectivity index (χ1n) is 11.9. The van der Waals surface area contributed by atoms with Gasteiger partial charge in [0, 0.05) is 11.3 Å². The standard InChI is InChI=1S/C29H28N4O3/c1-5-20-9-11-22(12-10-20)27-31-28(36-32-27)25-19(3)33(23-8-6-7-18(2)17-23)29(34)30-26(25)21-13-15-24(35-4)16-14-21/h6-17,26H,5H2,1-4H3,(H,30,34). The molecular weight excluding hydrogens is 452 g/mol. The van der Waals surface area contributed by atoms with Crippen molar-refractivity contribution in [2.45, 2.75) is 33.2 Å². The van der Waals surface area contributed by atoms with E-state index in [2.05, 4.69) is 29.5 Å². The SMILES string of the molecule is CCc1ccc(-c2noc(C3=C(C)N(c4cccc(C)c4)C(=O)NC3c3ccc(OC)cc3)n2)cc1. The Hall–Kier alpha value is -4.39. The van der Waals surface area contributed by atoms with Crippen LogP contribution in [0.5, 0.6) is 5.75 Å². The molecule has 7 heteroatoms. The average molecular weight is 481 g/mol. The highest BCUT2D eigenvalue weighted by atomic mass is 16.5. The Bertz CT molecular complexity index is 1420. The molecule has 1 aliphatic rings. The lowest BCUT2D eigenvalue weighted by atomic mass is 9.94. The van der Waals surface area contributed by atoms with E-state index in [9.17, 15) is 4.79 Å². The van der Waals surface area contributed by atoms with E-state index >= 15 is 0 Å². The van der Waals surface area contributed by atoms with Crippen LogP contribution in [-0.4, -0.2) is 23.3 Å². The van der Waals surface area contributed by atoms with Gasteiger partial charge in [0.1, 0.15) is 5.75 Å². The second-order valence-electron chi connectivity index (χ2n) is 8.80. The molecular formula is C29H28N4O3. The molecule has 0 radical (unpaired) electrons. The fourth-order valence-electron chi connectivity index (χ4n) is 4.48. The molecule has 182 valence electrons. The molecule has 1 atom stereocenters. The summed E-state index contributed by atoms with van der Waals surface area (Å²) in [5.74, 6) is 1.60. The van der Waals surface area contributed by atoms with E-state index in [0.29, 0.717) is 11.7 Å². The first kappa shape index (κ1) is 23.4. The van der Waals surface area contributed by atoms with Crippen LogP contribution < -0.4 is 15.0 Å². The highest BCUT2D eigenvalue weighted by molar-refractivity contribution is 6.01. The first-order chi connectivity index (χ1) is 17.5. The zero-order chi connectivity index (χ0) is 25.2. The number of urea groups is 1. The number of nitrogens with one attached hydrogen (secondary N) is 1. The lowest BCUT2D eigenvalue weighted by molar-refractivity contribution is 0.244. The summed E-state index contributed by atoms with van der Waals surface area (Å²) >= 11 is 0. The third-order valence-electron chi connectivity index (χ3n) is 6.47. The molecule has 3 aromatic carbocycles. The summed E-state index contributed by atoms with van der Waals surface area (Å²) in [4.78, 5) is 19.8. The van der Waals surface area contributed by atoms with Crippen molar-refractivity contribution in [2.24, 2.45) is 0 Å². The van der Waals surface area contributed by atoms with E-state index in [1.807, 2.05) is 74.5 Å². The normalized spacial score (nSPS) is 15.7. The van der Waals surface area contributed by atoms with Crippen molar-refractivity contribution in [3.05, 3.63) is 101 Å². The minimum absolute atomic E-state index is 0.224. The van der Waals surface area contributed by atoms with E-state index in [-0.39, 0.29) is 6.03 Å². The number of carbonyl (C=O) groups is 1. The van der Waals surface area contributed by atoms with Crippen molar-refractivity contribution in [2.75, 3.05) is 12.0 Å². The Morgan fingerprint density at radius 3 is 2.44 bits per heavy atom. The molecule has 0 fully saturated rings. The quantitative estimate of drug-likeness (QED) is 0.349. The van der Waals surface area contributed by atoms with Crippen LogP contribution in [0.4, 0.5) is 10.5 Å². The summed E-state index contributed by atoms with van der Waals surface area (Å²) in [5.41, 5.74) is 6.29. The van der Waals surface area contributed by atoms with Crippen LogP contribution in [0.2, 0.25) is 0 Å². The molecule has 7 nitrogen and oxygen atoms in total. The van der Waals surface area contributed by atoms with Crippen molar-refractivity contribution < 1.29 is 14.1 Å². The smallest absolute Gasteiger partial charge is 0.326 e. The van der Waals surface area contributed by atoms with Crippen molar-refractivity contribution in [3.8, 4) is 17.1 Å². The summed E-state index contributed by atoms with van der Waals surface area (Å²) in [5, 5.41) is 7.41. The van der Waals surface area contributed by atoms with E-state index in [0.717, 1.165) is 45.8 Å². The van der Waals surface area contributed by atoms with Gasteiger partial charge < -0.3 is 14.6 Å². The van der Waals surface area contributed by atoms with Gasteiger partial charge >= 0.3 is 6.03 Å². The summed E-state index contributed by atoms with van der Waals surface area (Å²) in [6.45, 7) is 6.03. The van der Waals surface area contributed by atoms with Gasteiger partial charge in [-0.25, -0.2) is 4.79 Å². The van der Waals surface area contributed by atoms with Gasteiger partial charge in [-0.2, -0.15) is 4.98 Å². The molecule has 2 amide bonds. The Morgan fingerprint density at radius 1 is 1.03 bits per heavy atom. The molecule has 1 aromatic heterocycles. The van der Waals surface area contributed by atoms with Gasteiger partial charge in [0.15, 0.2) is 0 Å². The minimum Gasteiger partial charge on any atom is -0.497 e. The van der Waals surface area contributed by atoms with Crippen LogP contribution in [-0.2, 0) is 6.42 Å². The molecule has 0 bridgehead atoms. The van der Waals surface area contributed by atoms with E-state index < -0.39 is 6.04 Å². The fourth-order valence-corrected chi connectivity index (χ4v) is 4.48. The molecule has 1 aliphatic heterocycles. The van der Waals surface area contributed by atoms with Crippen molar-refractivity contribution in [3.63, 3.8) is 0 Å². The fraction of sp³-hybridized carbons (Fsp3) is 0.207. The Kier molecular flexibility index (Phi) is 6.29. The molecule has 5 rings (SSSR count). The molecule has 1 N–H and O–H groups in total. The zero-order valence-corrected chi connectivity index (χ0v) is 20.8. The number of benzene rings is 3. The predicted molar refractivity (Wildman–Crippen MR) is 140 cm³/mol. The Balaban J connectivity index is 1.62. The van der Waals surface area contributed by atoms with Crippen LogP contribution in [0.1, 0.15) is 42.5 Å². The maximum atomic E-state index is 13.4. The van der Waals surface area contributed by atoms with Crippen LogP contribution in [0, 0.1) is 6.92 Å². The van der Waals surface area contributed by atoms with Gasteiger partial charge in [0.05, 0.1) is 24.4 Å². The molecule has 36 heavy (non-hydrogen) atoms. The number of aryl methyl sites for hydroxylation is 2. The third-order valence-corrected chi connectivity index (χ3v) is 6.47. The highest BCUT2D eigenvalue weighted by Gasteiger charge is 2.36. The number of hydrogen-bond acceptors (Lipinski definition) is 5. The number of ether oxygens (including phenoxy) is 1. The Morgan fingerprint density at radius 2 is 1.78 bits per heavy atom. The number of nitrogens with zero attached hydrogens (tertiary/aromatic N) is 3. The summed E-state index contributed by atoms with van der Waals surface area (Å²) in [6, 6.07) is 22.9. The maximum Gasteiger partial charge on any atom is 0.326 e. The third kappa shape index (κ3) is 4.35. The largest absolute Gasteiger partial charge is 0.497 e. The second-order valence-corrected chi connectivity index (χ2v) is 8.80. The van der Waals surface area contributed by atoms with Gasteiger partial charge in [-0.3, -0.25) is 4.90 Å². The number of rotatable bonds is 6. The maximum absolute atomic E-state index is 13.4. The van der Waals surface area contributed by atoms with Crippen molar-refractivity contribution in [1.29, 1.82) is 0 Å². The molecule has 1 unspecified atom stereocenters. The number of hydrogen-bond donors (Lipinski definition) is 1. The van der Waals surface area contributed by atoms with Crippen LogP contribution in [0.3, 0.4) is 0 Å². The van der Waals surface area contributed by atoms with E-state index in [4.69, 9.17) is 14.2 Å². The van der Waals surface area contributed by atoms with E-state index in [1.165, 1.54) is 5.56 Å². The Labute approximate surface area is 210 Å². The molecule has 0 aliphatic carbocycles. The van der Waals surface area contributed by atoms with Gasteiger partial charge in [0.25, 0.3) is 5.89 Å². The van der Waals surface area contributed by atoms with Crippen molar-refractivity contribution >= 4 is 17.3 Å². The lowest BCUT2D eigenvalue weighted by Gasteiger charge is -2.35. The van der Waals surface area contributed by atoms with Crippen molar-refractivity contribution in [1.82, 2.24) is 15.5 Å². The first-order valence-corrected chi connectivity index (χ1v) is 11.9.